The zero-order valence-corrected chi connectivity index (χ0v) is 13.7. The lowest BCUT2D eigenvalue weighted by molar-refractivity contribution is -0.137. The molecule has 0 saturated heterocycles. The van der Waals surface area contributed by atoms with Gasteiger partial charge in [-0.2, -0.15) is 0 Å². The summed E-state index contributed by atoms with van der Waals surface area (Å²) in [5, 5.41) is 11.8. The molecule has 0 radical (unpaired) electrons. The van der Waals surface area contributed by atoms with Crippen LogP contribution in [0.2, 0.25) is 0 Å². The van der Waals surface area contributed by atoms with Gasteiger partial charge in [0.1, 0.15) is 0 Å². The van der Waals surface area contributed by atoms with E-state index in [9.17, 15) is 4.79 Å². The molecule has 5 heteroatoms. The second-order valence-electron chi connectivity index (χ2n) is 5.75. The lowest BCUT2D eigenvalue weighted by Gasteiger charge is -2.08. The van der Waals surface area contributed by atoms with E-state index >= 15 is 0 Å². The molecule has 0 aliphatic rings. The highest BCUT2D eigenvalue weighted by molar-refractivity contribution is 5.66. The number of hydrogen-bond donors (Lipinski definition) is 2. The van der Waals surface area contributed by atoms with Crippen LogP contribution < -0.4 is 5.32 Å². The monoisotopic (exact) mass is 313 g/mol. The van der Waals surface area contributed by atoms with E-state index in [-0.39, 0.29) is 6.42 Å². The van der Waals surface area contributed by atoms with Gasteiger partial charge in [-0.3, -0.25) is 4.79 Å². The minimum atomic E-state index is -0.714. The van der Waals surface area contributed by atoms with Crippen molar-refractivity contribution in [3.8, 4) is 0 Å². The maximum atomic E-state index is 10.4. The number of carboxylic acids is 1. The Bertz CT molecular complexity index is 634. The minimum absolute atomic E-state index is 0.263. The fraction of sp³-hybridized carbons (Fsp3) is 0.389. The SMILES string of the molecule is Cc1cc(C)nc(Nc2ccc(CCCCCC(=O)O)cc2)n1. The number of hydrogen-bond acceptors (Lipinski definition) is 4. The topological polar surface area (TPSA) is 75.1 Å². The molecule has 0 spiro atoms. The third-order valence-electron chi connectivity index (χ3n) is 3.55. The molecular formula is C18H23N3O2. The Kier molecular flexibility index (Phi) is 6.09. The first-order chi connectivity index (χ1) is 11.0. The summed E-state index contributed by atoms with van der Waals surface area (Å²) in [6, 6.07) is 10.2. The summed E-state index contributed by atoms with van der Waals surface area (Å²) in [6.07, 6.45) is 3.95. The average molecular weight is 313 g/mol. The van der Waals surface area contributed by atoms with Gasteiger partial charge >= 0.3 is 5.97 Å². The van der Waals surface area contributed by atoms with Crippen molar-refractivity contribution in [1.29, 1.82) is 0 Å². The molecule has 0 fully saturated rings. The number of carbonyl (C=O) groups is 1. The second-order valence-corrected chi connectivity index (χ2v) is 5.75. The molecule has 0 amide bonds. The molecule has 0 unspecified atom stereocenters. The number of aromatic nitrogens is 2. The minimum Gasteiger partial charge on any atom is -0.481 e. The van der Waals surface area contributed by atoms with Crippen LogP contribution in [0.15, 0.2) is 30.3 Å². The van der Waals surface area contributed by atoms with Crippen molar-refractivity contribution in [2.75, 3.05) is 5.32 Å². The molecule has 1 aromatic heterocycles. The highest BCUT2D eigenvalue weighted by Crippen LogP contribution is 2.16. The van der Waals surface area contributed by atoms with Gasteiger partial charge in [-0.1, -0.05) is 18.6 Å². The second kappa shape index (κ2) is 8.27. The molecule has 1 aromatic carbocycles. The van der Waals surface area contributed by atoms with Gasteiger partial charge in [-0.05, 0) is 56.9 Å². The van der Waals surface area contributed by atoms with E-state index in [4.69, 9.17) is 5.11 Å². The summed E-state index contributed by atoms with van der Waals surface area (Å²) in [5.74, 6) is -0.0991. The van der Waals surface area contributed by atoms with E-state index in [1.54, 1.807) is 0 Å². The Morgan fingerprint density at radius 3 is 2.30 bits per heavy atom. The molecular weight excluding hydrogens is 290 g/mol. The van der Waals surface area contributed by atoms with Crippen LogP contribution in [0.25, 0.3) is 0 Å². The van der Waals surface area contributed by atoms with Gasteiger partial charge in [0, 0.05) is 23.5 Å². The molecule has 0 aliphatic heterocycles. The summed E-state index contributed by atoms with van der Waals surface area (Å²) < 4.78 is 0. The lowest BCUT2D eigenvalue weighted by atomic mass is 10.1. The van der Waals surface area contributed by atoms with Crippen molar-refractivity contribution in [2.24, 2.45) is 0 Å². The van der Waals surface area contributed by atoms with Gasteiger partial charge in [-0.25, -0.2) is 9.97 Å². The van der Waals surface area contributed by atoms with Crippen molar-refractivity contribution in [3.05, 3.63) is 47.3 Å². The van der Waals surface area contributed by atoms with Crippen LogP contribution in [-0.2, 0) is 11.2 Å². The van der Waals surface area contributed by atoms with Gasteiger partial charge in [0.05, 0.1) is 0 Å². The molecule has 2 aromatic rings. The van der Waals surface area contributed by atoms with Crippen LogP contribution >= 0.6 is 0 Å². The molecule has 2 N–H and O–H groups in total. The molecule has 0 aliphatic carbocycles. The van der Waals surface area contributed by atoms with Crippen LogP contribution in [-0.4, -0.2) is 21.0 Å². The third-order valence-corrected chi connectivity index (χ3v) is 3.55. The first kappa shape index (κ1) is 16.9. The number of anilines is 2. The highest BCUT2D eigenvalue weighted by atomic mass is 16.4. The zero-order valence-electron chi connectivity index (χ0n) is 13.7. The Labute approximate surface area is 136 Å². The maximum absolute atomic E-state index is 10.4. The Morgan fingerprint density at radius 2 is 1.70 bits per heavy atom. The summed E-state index contributed by atoms with van der Waals surface area (Å²) >= 11 is 0. The smallest absolute Gasteiger partial charge is 0.303 e. The van der Waals surface area contributed by atoms with Crippen molar-refractivity contribution >= 4 is 17.6 Å². The fourth-order valence-electron chi connectivity index (χ4n) is 2.45. The molecule has 1 heterocycles. The average Bonchev–Trinajstić information content (AvgIpc) is 2.47. The highest BCUT2D eigenvalue weighted by Gasteiger charge is 2.01. The third kappa shape index (κ3) is 6.06. The van der Waals surface area contributed by atoms with Gasteiger partial charge < -0.3 is 10.4 Å². The van der Waals surface area contributed by atoms with Gasteiger partial charge in [0.2, 0.25) is 5.95 Å². The van der Waals surface area contributed by atoms with Gasteiger partial charge in [0.15, 0.2) is 0 Å². The van der Waals surface area contributed by atoms with Crippen molar-refractivity contribution in [2.45, 2.75) is 46.0 Å². The van der Waals surface area contributed by atoms with Crippen LogP contribution in [0.5, 0.6) is 0 Å². The summed E-state index contributed by atoms with van der Waals surface area (Å²) in [6.45, 7) is 3.90. The summed E-state index contributed by atoms with van der Waals surface area (Å²) in [5.41, 5.74) is 4.10. The van der Waals surface area contributed by atoms with Crippen molar-refractivity contribution in [3.63, 3.8) is 0 Å². The van der Waals surface area contributed by atoms with E-state index in [2.05, 4.69) is 27.4 Å². The molecule has 0 bridgehead atoms. The van der Waals surface area contributed by atoms with E-state index in [1.807, 2.05) is 32.0 Å². The predicted molar refractivity (Wildman–Crippen MR) is 91.0 cm³/mol. The van der Waals surface area contributed by atoms with E-state index in [1.165, 1.54) is 5.56 Å². The van der Waals surface area contributed by atoms with Crippen molar-refractivity contribution < 1.29 is 9.90 Å². The van der Waals surface area contributed by atoms with Crippen LogP contribution in [0.1, 0.15) is 42.6 Å². The molecule has 122 valence electrons. The molecule has 2 rings (SSSR count). The number of unbranched alkanes of at least 4 members (excludes halogenated alkanes) is 2. The number of nitrogens with zero attached hydrogens (tertiary/aromatic N) is 2. The molecule has 23 heavy (non-hydrogen) atoms. The molecule has 5 nitrogen and oxygen atoms in total. The predicted octanol–water partition coefficient (Wildman–Crippen LogP) is 4.02. The zero-order chi connectivity index (χ0) is 16.7. The largest absolute Gasteiger partial charge is 0.481 e. The number of aryl methyl sites for hydroxylation is 3. The number of carboxylic acid groups (broad SMARTS) is 1. The number of nitrogens with one attached hydrogen (secondary N) is 1. The normalized spacial score (nSPS) is 10.5. The first-order valence-corrected chi connectivity index (χ1v) is 7.93. The maximum Gasteiger partial charge on any atom is 0.303 e. The number of aliphatic carboxylic acids is 1. The Morgan fingerprint density at radius 1 is 1.04 bits per heavy atom. The van der Waals surface area contributed by atoms with Crippen LogP contribution in [0, 0.1) is 13.8 Å². The first-order valence-electron chi connectivity index (χ1n) is 7.93. The molecule has 0 saturated carbocycles. The number of rotatable bonds is 8. The lowest BCUT2D eigenvalue weighted by Crippen LogP contribution is -2.00. The Balaban J connectivity index is 1.83. The van der Waals surface area contributed by atoms with Crippen LogP contribution in [0.3, 0.4) is 0 Å². The van der Waals surface area contributed by atoms with Crippen molar-refractivity contribution in [1.82, 2.24) is 9.97 Å². The number of benzene rings is 1. The standard InChI is InChI=1S/C18H23N3O2/c1-13-12-14(2)20-18(19-13)21-16-10-8-15(9-11-16)6-4-3-5-7-17(22)23/h8-12H,3-7H2,1-2H3,(H,22,23)(H,19,20,21). The molecule has 0 atom stereocenters. The van der Waals surface area contributed by atoms with E-state index < -0.39 is 5.97 Å². The van der Waals surface area contributed by atoms with E-state index in [0.717, 1.165) is 42.8 Å². The summed E-state index contributed by atoms with van der Waals surface area (Å²) in [4.78, 5) is 19.2. The summed E-state index contributed by atoms with van der Waals surface area (Å²) in [7, 11) is 0. The van der Waals surface area contributed by atoms with Gasteiger partial charge in [-0.15, -0.1) is 0 Å². The van der Waals surface area contributed by atoms with E-state index in [0.29, 0.717) is 5.95 Å². The fourth-order valence-corrected chi connectivity index (χ4v) is 2.45. The quantitative estimate of drug-likeness (QED) is 0.720. The van der Waals surface area contributed by atoms with Gasteiger partial charge in [0.25, 0.3) is 0 Å². The Hall–Kier alpha value is -2.43. The van der Waals surface area contributed by atoms with Crippen LogP contribution in [0.4, 0.5) is 11.6 Å².